The van der Waals surface area contributed by atoms with E-state index in [4.69, 9.17) is 14.9 Å². The number of ether oxygens (including phenoxy) is 1. The number of phenolic OH excluding ortho intramolecular Hbond substituents is 2. The first-order valence-electron chi connectivity index (χ1n) is 4.31. The van der Waals surface area contributed by atoms with Gasteiger partial charge in [0.25, 0.3) is 0 Å². The highest BCUT2D eigenvalue weighted by atomic mass is 32.2. The van der Waals surface area contributed by atoms with E-state index in [9.17, 15) is 4.79 Å². The average molecular weight is 228 g/mol. The standard InChI is InChI=1S/C10H12O4S/c1-7(11)15-6-14-5-8-2-9(12)4-10(13)3-8/h2-4,12-13H,5-6H2,1H3. The Morgan fingerprint density at radius 3 is 2.47 bits per heavy atom. The van der Waals surface area contributed by atoms with Crippen LogP contribution in [0, 0.1) is 0 Å². The summed E-state index contributed by atoms with van der Waals surface area (Å²) in [6.45, 7) is 1.72. The van der Waals surface area contributed by atoms with Gasteiger partial charge in [0.15, 0.2) is 5.12 Å². The van der Waals surface area contributed by atoms with Crippen LogP contribution in [0.5, 0.6) is 11.5 Å². The SMILES string of the molecule is CC(=O)SCOCc1cc(O)cc(O)c1. The lowest BCUT2D eigenvalue weighted by Crippen LogP contribution is -1.94. The minimum Gasteiger partial charge on any atom is -0.508 e. The lowest BCUT2D eigenvalue weighted by Gasteiger charge is -2.04. The molecule has 0 fully saturated rings. The Morgan fingerprint density at radius 1 is 1.33 bits per heavy atom. The monoisotopic (exact) mass is 228 g/mol. The molecule has 2 N–H and O–H groups in total. The van der Waals surface area contributed by atoms with Crippen molar-refractivity contribution in [2.45, 2.75) is 13.5 Å². The Hall–Kier alpha value is -1.20. The fourth-order valence-electron chi connectivity index (χ4n) is 1.02. The first-order chi connectivity index (χ1) is 7.08. The summed E-state index contributed by atoms with van der Waals surface area (Å²) in [7, 11) is 0. The van der Waals surface area contributed by atoms with E-state index in [0.717, 1.165) is 11.8 Å². The third-order valence-electron chi connectivity index (χ3n) is 1.58. The largest absolute Gasteiger partial charge is 0.508 e. The summed E-state index contributed by atoms with van der Waals surface area (Å²) < 4.78 is 5.16. The molecular weight excluding hydrogens is 216 g/mol. The first-order valence-corrected chi connectivity index (χ1v) is 5.29. The van der Waals surface area contributed by atoms with Crippen LogP contribution < -0.4 is 0 Å². The number of rotatable bonds is 4. The maximum Gasteiger partial charge on any atom is 0.188 e. The molecule has 0 aliphatic carbocycles. The molecule has 4 nitrogen and oxygen atoms in total. The van der Waals surface area contributed by atoms with E-state index >= 15 is 0 Å². The molecule has 1 aromatic rings. The van der Waals surface area contributed by atoms with Gasteiger partial charge in [-0.15, -0.1) is 0 Å². The molecule has 0 spiro atoms. The maximum atomic E-state index is 10.6. The molecule has 0 saturated carbocycles. The molecule has 5 heteroatoms. The highest BCUT2D eigenvalue weighted by molar-refractivity contribution is 8.13. The van der Waals surface area contributed by atoms with Crippen LogP contribution >= 0.6 is 11.8 Å². The third kappa shape index (κ3) is 4.71. The zero-order valence-electron chi connectivity index (χ0n) is 8.27. The van der Waals surface area contributed by atoms with Crippen LogP contribution in [0.1, 0.15) is 12.5 Å². The normalized spacial score (nSPS) is 10.2. The van der Waals surface area contributed by atoms with Gasteiger partial charge in [-0.05, 0) is 17.7 Å². The van der Waals surface area contributed by atoms with Crippen molar-refractivity contribution >= 4 is 16.9 Å². The Balaban J connectivity index is 2.40. The zero-order chi connectivity index (χ0) is 11.3. The van der Waals surface area contributed by atoms with Crippen LogP contribution in [0.3, 0.4) is 0 Å². The van der Waals surface area contributed by atoms with E-state index in [1.807, 2.05) is 0 Å². The number of carbonyl (C=O) groups excluding carboxylic acids is 1. The predicted molar refractivity (Wildman–Crippen MR) is 57.7 cm³/mol. The smallest absolute Gasteiger partial charge is 0.188 e. The number of phenols is 2. The summed E-state index contributed by atoms with van der Waals surface area (Å²) in [5.41, 5.74) is 0.664. The van der Waals surface area contributed by atoms with Crippen molar-refractivity contribution < 1.29 is 19.7 Å². The van der Waals surface area contributed by atoms with Gasteiger partial charge in [-0.1, -0.05) is 11.8 Å². The van der Waals surface area contributed by atoms with Crippen molar-refractivity contribution in [3.05, 3.63) is 23.8 Å². The van der Waals surface area contributed by atoms with Gasteiger partial charge < -0.3 is 14.9 Å². The number of benzene rings is 1. The fourth-order valence-corrected chi connectivity index (χ4v) is 1.36. The maximum absolute atomic E-state index is 10.6. The average Bonchev–Trinajstić information content (AvgIpc) is 2.10. The van der Waals surface area contributed by atoms with Gasteiger partial charge in [-0.3, -0.25) is 4.79 Å². The quantitative estimate of drug-likeness (QED) is 0.608. The summed E-state index contributed by atoms with van der Waals surface area (Å²) in [6, 6.07) is 4.24. The van der Waals surface area contributed by atoms with Crippen molar-refractivity contribution in [3.63, 3.8) is 0 Å². The number of hydrogen-bond donors (Lipinski definition) is 2. The molecule has 0 atom stereocenters. The number of aromatic hydroxyl groups is 2. The Bertz CT molecular complexity index is 331. The lowest BCUT2D eigenvalue weighted by molar-refractivity contribution is -0.109. The molecule has 0 bridgehead atoms. The molecule has 0 aromatic heterocycles. The van der Waals surface area contributed by atoms with Crippen LogP contribution in [-0.4, -0.2) is 21.3 Å². The van der Waals surface area contributed by atoms with E-state index < -0.39 is 0 Å². The van der Waals surface area contributed by atoms with E-state index in [-0.39, 0.29) is 29.2 Å². The van der Waals surface area contributed by atoms with Gasteiger partial charge in [0.1, 0.15) is 11.5 Å². The van der Waals surface area contributed by atoms with E-state index in [2.05, 4.69) is 0 Å². The van der Waals surface area contributed by atoms with Gasteiger partial charge in [0, 0.05) is 13.0 Å². The number of hydrogen-bond acceptors (Lipinski definition) is 5. The van der Waals surface area contributed by atoms with Gasteiger partial charge in [0.05, 0.1) is 12.5 Å². The van der Waals surface area contributed by atoms with Crippen LogP contribution in [0.25, 0.3) is 0 Å². The molecule has 0 amide bonds. The molecule has 82 valence electrons. The Labute approximate surface area is 91.9 Å². The van der Waals surface area contributed by atoms with Crippen molar-refractivity contribution in [3.8, 4) is 11.5 Å². The van der Waals surface area contributed by atoms with Gasteiger partial charge >= 0.3 is 0 Å². The van der Waals surface area contributed by atoms with Crippen LogP contribution in [0.4, 0.5) is 0 Å². The zero-order valence-corrected chi connectivity index (χ0v) is 9.08. The minimum absolute atomic E-state index is 0.00578. The highest BCUT2D eigenvalue weighted by Crippen LogP contribution is 2.21. The molecule has 0 heterocycles. The molecule has 1 rings (SSSR count). The molecular formula is C10H12O4S. The molecule has 0 aliphatic rings. The second kappa shape index (κ2) is 5.63. The lowest BCUT2D eigenvalue weighted by atomic mass is 10.2. The number of carbonyl (C=O) groups is 1. The van der Waals surface area contributed by atoms with Gasteiger partial charge in [0.2, 0.25) is 0 Å². The van der Waals surface area contributed by atoms with Crippen molar-refractivity contribution in [1.29, 1.82) is 0 Å². The minimum atomic E-state index is -0.00665. The summed E-state index contributed by atoms with van der Waals surface area (Å²) >= 11 is 1.07. The molecule has 0 aliphatic heterocycles. The Morgan fingerprint density at radius 2 is 1.93 bits per heavy atom. The van der Waals surface area contributed by atoms with Gasteiger partial charge in [-0.2, -0.15) is 0 Å². The molecule has 0 saturated heterocycles. The second-order valence-corrected chi connectivity index (χ2v) is 4.06. The molecule has 0 unspecified atom stereocenters. The summed E-state index contributed by atoms with van der Waals surface area (Å²) in [4.78, 5) is 10.6. The van der Waals surface area contributed by atoms with Crippen molar-refractivity contribution in [1.82, 2.24) is 0 Å². The highest BCUT2D eigenvalue weighted by Gasteiger charge is 2.00. The van der Waals surface area contributed by atoms with Crippen LogP contribution in [0.2, 0.25) is 0 Å². The molecule has 1 aromatic carbocycles. The third-order valence-corrected chi connectivity index (χ3v) is 2.27. The summed E-state index contributed by atoms with van der Waals surface area (Å²) in [5, 5.41) is 18.3. The predicted octanol–water partition coefficient (Wildman–Crippen LogP) is 1.85. The van der Waals surface area contributed by atoms with Crippen molar-refractivity contribution in [2.24, 2.45) is 0 Å². The molecule has 0 radical (unpaired) electrons. The summed E-state index contributed by atoms with van der Waals surface area (Å²) in [5.74, 6) is 0.256. The van der Waals surface area contributed by atoms with E-state index in [0.29, 0.717) is 5.56 Å². The second-order valence-electron chi connectivity index (χ2n) is 2.96. The van der Waals surface area contributed by atoms with Gasteiger partial charge in [-0.25, -0.2) is 0 Å². The van der Waals surface area contributed by atoms with Crippen molar-refractivity contribution in [2.75, 3.05) is 5.94 Å². The van der Waals surface area contributed by atoms with E-state index in [1.165, 1.54) is 25.1 Å². The summed E-state index contributed by atoms with van der Waals surface area (Å²) in [6.07, 6.45) is 0. The number of thioether (sulfide) groups is 1. The molecule has 15 heavy (non-hydrogen) atoms. The topological polar surface area (TPSA) is 66.8 Å². The fraction of sp³-hybridized carbons (Fsp3) is 0.300. The van der Waals surface area contributed by atoms with Crippen LogP contribution in [-0.2, 0) is 16.1 Å². The Kier molecular flexibility index (Phi) is 4.45. The first kappa shape index (κ1) is 11.9. The van der Waals surface area contributed by atoms with Crippen LogP contribution in [0.15, 0.2) is 18.2 Å². The van der Waals surface area contributed by atoms with E-state index in [1.54, 1.807) is 0 Å².